The Morgan fingerprint density at radius 1 is 1.07 bits per heavy atom. The Balaban J connectivity index is 1.49. The molecule has 28 heavy (non-hydrogen) atoms. The van der Waals surface area contributed by atoms with Crippen LogP contribution in [0.15, 0.2) is 64.2 Å². The van der Waals surface area contributed by atoms with Crippen LogP contribution in [0.3, 0.4) is 0 Å². The molecule has 1 aromatic heterocycles. The summed E-state index contributed by atoms with van der Waals surface area (Å²) in [5.41, 5.74) is 1.01. The second kappa shape index (κ2) is 9.17. The van der Waals surface area contributed by atoms with Crippen LogP contribution in [0.5, 0.6) is 0 Å². The van der Waals surface area contributed by atoms with E-state index < -0.39 is 5.69 Å². The summed E-state index contributed by atoms with van der Waals surface area (Å²) in [7, 11) is 0. The van der Waals surface area contributed by atoms with Gasteiger partial charge in [-0.3, -0.25) is 14.2 Å². The maximum atomic E-state index is 12.5. The fourth-order valence-corrected chi connectivity index (χ4v) is 3.25. The normalized spacial score (nSPS) is 12.0. The Labute approximate surface area is 163 Å². The standard InChI is InChI=1S/C22H25N3O3/c1-16(13-14-17-8-3-2-4-9-17)23-20(26)12-7-15-25-21(27)18-10-5-6-11-19(18)24-22(25)28/h2-6,8-11,16H,7,12-15H2,1H3,(H,23,26)(H,24,28)/t16-/m0/s1. The number of aryl methyl sites for hydroxylation is 1. The summed E-state index contributed by atoms with van der Waals surface area (Å²) in [6, 6.07) is 17.1. The van der Waals surface area contributed by atoms with Gasteiger partial charge < -0.3 is 10.3 Å². The van der Waals surface area contributed by atoms with Gasteiger partial charge in [0.15, 0.2) is 0 Å². The monoisotopic (exact) mass is 379 g/mol. The van der Waals surface area contributed by atoms with Crippen molar-refractivity contribution in [1.82, 2.24) is 14.9 Å². The van der Waals surface area contributed by atoms with Crippen molar-refractivity contribution in [2.75, 3.05) is 0 Å². The number of hydrogen-bond donors (Lipinski definition) is 2. The molecule has 0 saturated heterocycles. The van der Waals surface area contributed by atoms with Crippen molar-refractivity contribution < 1.29 is 4.79 Å². The van der Waals surface area contributed by atoms with E-state index in [0.717, 1.165) is 17.4 Å². The lowest BCUT2D eigenvalue weighted by Crippen LogP contribution is -2.36. The Bertz CT molecular complexity index is 1050. The number of H-pyrrole nitrogens is 1. The number of carbonyl (C=O) groups excluding carboxylic acids is 1. The maximum Gasteiger partial charge on any atom is 0.328 e. The number of benzene rings is 2. The molecule has 2 aromatic carbocycles. The average Bonchev–Trinajstić information content (AvgIpc) is 2.69. The zero-order chi connectivity index (χ0) is 19.9. The smallest absolute Gasteiger partial charge is 0.328 e. The molecule has 0 spiro atoms. The molecule has 3 rings (SSSR count). The fourth-order valence-electron chi connectivity index (χ4n) is 3.25. The van der Waals surface area contributed by atoms with E-state index >= 15 is 0 Å². The summed E-state index contributed by atoms with van der Waals surface area (Å²) in [6.07, 6.45) is 2.47. The quantitative estimate of drug-likeness (QED) is 0.631. The van der Waals surface area contributed by atoms with E-state index in [0.29, 0.717) is 17.3 Å². The molecule has 0 aliphatic carbocycles. The molecule has 1 heterocycles. The highest BCUT2D eigenvalue weighted by atomic mass is 16.2. The van der Waals surface area contributed by atoms with E-state index in [-0.39, 0.29) is 30.5 Å². The maximum absolute atomic E-state index is 12.5. The first kappa shape index (κ1) is 19.6. The zero-order valence-electron chi connectivity index (χ0n) is 16.0. The third-order valence-electron chi connectivity index (χ3n) is 4.79. The summed E-state index contributed by atoms with van der Waals surface area (Å²) in [5, 5.41) is 3.46. The molecule has 1 amide bonds. The fraction of sp³-hybridized carbons (Fsp3) is 0.318. The summed E-state index contributed by atoms with van der Waals surface area (Å²) >= 11 is 0. The molecule has 6 heteroatoms. The molecule has 0 unspecified atom stereocenters. The van der Waals surface area contributed by atoms with Crippen LogP contribution in [0.4, 0.5) is 0 Å². The third kappa shape index (κ3) is 4.97. The largest absolute Gasteiger partial charge is 0.354 e. The van der Waals surface area contributed by atoms with Crippen LogP contribution in [-0.2, 0) is 17.8 Å². The third-order valence-corrected chi connectivity index (χ3v) is 4.79. The van der Waals surface area contributed by atoms with Crippen LogP contribution < -0.4 is 16.6 Å². The van der Waals surface area contributed by atoms with E-state index in [2.05, 4.69) is 22.4 Å². The van der Waals surface area contributed by atoms with Crippen molar-refractivity contribution in [3.05, 3.63) is 81.0 Å². The highest BCUT2D eigenvalue weighted by Crippen LogP contribution is 2.06. The number of fused-ring (bicyclic) bond motifs is 1. The summed E-state index contributed by atoms with van der Waals surface area (Å²) in [6.45, 7) is 2.20. The highest BCUT2D eigenvalue weighted by molar-refractivity contribution is 5.77. The van der Waals surface area contributed by atoms with Crippen molar-refractivity contribution >= 4 is 16.8 Å². The lowest BCUT2D eigenvalue weighted by atomic mass is 10.1. The molecule has 3 aromatic rings. The van der Waals surface area contributed by atoms with E-state index in [1.807, 2.05) is 25.1 Å². The van der Waals surface area contributed by atoms with Crippen molar-refractivity contribution in [3.8, 4) is 0 Å². The first-order valence-corrected chi connectivity index (χ1v) is 9.60. The second-order valence-corrected chi connectivity index (χ2v) is 7.03. The number of aromatic nitrogens is 2. The molecule has 0 saturated carbocycles. The Kier molecular flexibility index (Phi) is 6.42. The van der Waals surface area contributed by atoms with Crippen molar-refractivity contribution in [2.45, 2.75) is 45.2 Å². The van der Waals surface area contributed by atoms with Crippen LogP contribution in [0, 0.1) is 0 Å². The topological polar surface area (TPSA) is 84.0 Å². The lowest BCUT2D eigenvalue weighted by molar-refractivity contribution is -0.121. The Morgan fingerprint density at radius 2 is 1.79 bits per heavy atom. The summed E-state index contributed by atoms with van der Waals surface area (Å²) < 4.78 is 1.16. The van der Waals surface area contributed by atoms with Gasteiger partial charge >= 0.3 is 5.69 Å². The minimum Gasteiger partial charge on any atom is -0.354 e. The highest BCUT2D eigenvalue weighted by Gasteiger charge is 2.10. The number of nitrogens with zero attached hydrogens (tertiary/aromatic N) is 1. The van der Waals surface area contributed by atoms with Crippen LogP contribution in [-0.4, -0.2) is 21.5 Å². The zero-order valence-corrected chi connectivity index (χ0v) is 16.0. The molecule has 0 aliphatic heterocycles. The lowest BCUT2D eigenvalue weighted by Gasteiger charge is -2.14. The predicted molar refractivity (Wildman–Crippen MR) is 110 cm³/mol. The van der Waals surface area contributed by atoms with Gasteiger partial charge in [0.1, 0.15) is 0 Å². The number of carbonyl (C=O) groups is 1. The van der Waals surface area contributed by atoms with Gasteiger partial charge in [0.2, 0.25) is 5.91 Å². The van der Waals surface area contributed by atoms with Crippen molar-refractivity contribution in [1.29, 1.82) is 0 Å². The summed E-state index contributed by atoms with van der Waals surface area (Å²) in [5.74, 6) is -0.0640. The van der Waals surface area contributed by atoms with Crippen LogP contribution >= 0.6 is 0 Å². The molecule has 1 atom stereocenters. The van der Waals surface area contributed by atoms with E-state index in [1.54, 1.807) is 24.3 Å². The van der Waals surface area contributed by atoms with Crippen LogP contribution in [0.2, 0.25) is 0 Å². The molecule has 0 fully saturated rings. The van der Waals surface area contributed by atoms with Gasteiger partial charge in [-0.25, -0.2) is 4.79 Å². The molecular weight excluding hydrogens is 354 g/mol. The molecular formula is C22H25N3O3. The first-order chi connectivity index (χ1) is 13.5. The van der Waals surface area contributed by atoms with Gasteiger partial charge in [0.05, 0.1) is 10.9 Å². The number of rotatable bonds is 8. The van der Waals surface area contributed by atoms with Gasteiger partial charge in [-0.15, -0.1) is 0 Å². The Morgan fingerprint density at radius 3 is 2.57 bits per heavy atom. The number of nitrogens with one attached hydrogen (secondary N) is 2. The molecule has 2 N–H and O–H groups in total. The molecule has 0 bridgehead atoms. The average molecular weight is 379 g/mol. The van der Waals surface area contributed by atoms with Gasteiger partial charge in [-0.2, -0.15) is 0 Å². The number of amides is 1. The Hall–Kier alpha value is -3.15. The van der Waals surface area contributed by atoms with Gasteiger partial charge in [-0.05, 0) is 43.9 Å². The van der Waals surface area contributed by atoms with Gasteiger partial charge in [0, 0.05) is 19.0 Å². The molecule has 6 nitrogen and oxygen atoms in total. The SMILES string of the molecule is C[C@@H](CCc1ccccc1)NC(=O)CCCn1c(=O)[nH]c2ccccc2c1=O. The van der Waals surface area contributed by atoms with Gasteiger partial charge in [-0.1, -0.05) is 42.5 Å². The second-order valence-electron chi connectivity index (χ2n) is 7.03. The van der Waals surface area contributed by atoms with Crippen molar-refractivity contribution in [3.63, 3.8) is 0 Å². The molecule has 146 valence electrons. The minimum absolute atomic E-state index is 0.0640. The number of aromatic amines is 1. The van der Waals surface area contributed by atoms with E-state index in [9.17, 15) is 14.4 Å². The minimum atomic E-state index is -0.444. The van der Waals surface area contributed by atoms with Crippen molar-refractivity contribution in [2.24, 2.45) is 0 Å². The number of hydrogen-bond acceptors (Lipinski definition) is 3. The van der Waals surface area contributed by atoms with Crippen LogP contribution in [0.1, 0.15) is 31.7 Å². The molecule has 0 aliphatic rings. The van der Waals surface area contributed by atoms with E-state index in [1.165, 1.54) is 5.56 Å². The number of para-hydroxylation sites is 1. The predicted octanol–water partition coefficient (Wildman–Crippen LogP) is 2.61. The van der Waals surface area contributed by atoms with Gasteiger partial charge in [0.25, 0.3) is 5.56 Å². The first-order valence-electron chi connectivity index (χ1n) is 9.60. The summed E-state index contributed by atoms with van der Waals surface area (Å²) in [4.78, 5) is 39.5. The van der Waals surface area contributed by atoms with Crippen LogP contribution in [0.25, 0.3) is 10.9 Å². The molecule has 0 radical (unpaired) electrons. The van der Waals surface area contributed by atoms with E-state index in [4.69, 9.17) is 0 Å².